The van der Waals surface area contributed by atoms with E-state index in [1.165, 1.54) is 19.1 Å². The van der Waals surface area contributed by atoms with Gasteiger partial charge in [-0.3, -0.25) is 14.2 Å². The molecule has 0 saturated carbocycles. The van der Waals surface area contributed by atoms with Gasteiger partial charge in [0.05, 0.1) is 18.3 Å². The van der Waals surface area contributed by atoms with Crippen LogP contribution in [-0.4, -0.2) is 31.5 Å². The van der Waals surface area contributed by atoms with E-state index < -0.39 is 23.3 Å². The van der Waals surface area contributed by atoms with Crippen molar-refractivity contribution in [3.8, 4) is 5.69 Å². The lowest BCUT2D eigenvalue weighted by atomic mass is 10.2. The molecule has 3 N–H and O–H groups in total. The maximum Gasteiger partial charge on any atom is 0.352 e. The van der Waals surface area contributed by atoms with Crippen LogP contribution in [0.5, 0.6) is 0 Å². The zero-order valence-corrected chi connectivity index (χ0v) is 11.3. The summed E-state index contributed by atoms with van der Waals surface area (Å²) in [6, 6.07) is 6.00. The molecule has 1 unspecified atom stereocenters. The SMILES string of the molecule is CC(O)Cn1c(=O)cnn(-c2cccc(C(N)=O)c2)c1=O. The van der Waals surface area contributed by atoms with Crippen molar-refractivity contribution in [1.29, 1.82) is 0 Å². The number of aliphatic hydroxyl groups is 1. The topological polar surface area (TPSA) is 120 Å². The summed E-state index contributed by atoms with van der Waals surface area (Å²) in [6.45, 7) is 1.32. The van der Waals surface area contributed by atoms with Gasteiger partial charge in [-0.1, -0.05) is 6.07 Å². The Balaban J connectivity index is 2.60. The highest BCUT2D eigenvalue weighted by Crippen LogP contribution is 2.06. The molecule has 8 nitrogen and oxygen atoms in total. The van der Waals surface area contributed by atoms with E-state index >= 15 is 0 Å². The van der Waals surface area contributed by atoms with Crippen LogP contribution in [0.3, 0.4) is 0 Å². The second kappa shape index (κ2) is 5.71. The fraction of sp³-hybridized carbons (Fsp3) is 0.231. The molecule has 0 aliphatic heterocycles. The van der Waals surface area contributed by atoms with Gasteiger partial charge >= 0.3 is 5.69 Å². The zero-order valence-electron chi connectivity index (χ0n) is 11.3. The number of aliphatic hydroxyl groups excluding tert-OH is 1. The summed E-state index contributed by atoms with van der Waals surface area (Å²) in [5.74, 6) is -0.637. The van der Waals surface area contributed by atoms with E-state index in [0.29, 0.717) is 5.69 Å². The molecule has 2 rings (SSSR count). The first-order chi connectivity index (χ1) is 9.90. The summed E-state index contributed by atoms with van der Waals surface area (Å²) in [5, 5.41) is 13.1. The van der Waals surface area contributed by atoms with Crippen molar-refractivity contribution in [2.24, 2.45) is 5.73 Å². The van der Waals surface area contributed by atoms with Gasteiger partial charge in [0.25, 0.3) is 5.56 Å². The minimum absolute atomic E-state index is 0.143. The number of rotatable bonds is 4. The van der Waals surface area contributed by atoms with Crippen LogP contribution < -0.4 is 17.0 Å². The molecule has 1 atom stereocenters. The molecule has 2 aromatic rings. The van der Waals surface area contributed by atoms with Crippen molar-refractivity contribution in [3.63, 3.8) is 0 Å². The van der Waals surface area contributed by atoms with Gasteiger partial charge in [0.2, 0.25) is 5.91 Å². The Labute approximate surface area is 119 Å². The summed E-state index contributed by atoms with van der Waals surface area (Å²) in [7, 11) is 0. The van der Waals surface area contributed by atoms with E-state index in [9.17, 15) is 19.5 Å². The average molecular weight is 290 g/mol. The smallest absolute Gasteiger partial charge is 0.352 e. The van der Waals surface area contributed by atoms with Crippen molar-refractivity contribution in [3.05, 3.63) is 56.9 Å². The Morgan fingerprint density at radius 3 is 2.76 bits per heavy atom. The molecule has 1 amide bonds. The van der Waals surface area contributed by atoms with Crippen LogP contribution in [0, 0.1) is 0 Å². The number of carbonyl (C=O) groups is 1. The standard InChI is InChI=1S/C13H14N4O4/c1-8(18)7-16-11(19)6-15-17(13(16)21)10-4-2-3-9(5-10)12(14)20/h2-6,8,18H,7H2,1H3,(H2,14,20). The number of hydrogen-bond donors (Lipinski definition) is 2. The summed E-state index contributed by atoms with van der Waals surface area (Å²) in [6.07, 6.45) is 0.115. The largest absolute Gasteiger partial charge is 0.392 e. The third kappa shape index (κ3) is 3.06. The number of amides is 1. The van der Waals surface area contributed by atoms with E-state index in [4.69, 9.17) is 5.73 Å². The normalized spacial score (nSPS) is 12.1. The molecule has 0 aliphatic rings. The van der Waals surface area contributed by atoms with E-state index in [1.807, 2.05) is 0 Å². The summed E-state index contributed by atoms with van der Waals surface area (Å²) in [5.41, 5.74) is 4.39. The molecule has 0 saturated heterocycles. The van der Waals surface area contributed by atoms with Gasteiger partial charge in [0.15, 0.2) is 0 Å². The number of nitrogens with zero attached hydrogens (tertiary/aromatic N) is 3. The number of hydrogen-bond acceptors (Lipinski definition) is 5. The fourth-order valence-corrected chi connectivity index (χ4v) is 1.84. The Bertz CT molecular complexity index is 791. The highest BCUT2D eigenvalue weighted by Gasteiger charge is 2.11. The Hall–Kier alpha value is -2.74. The number of carbonyl (C=O) groups excluding carboxylic acids is 1. The fourth-order valence-electron chi connectivity index (χ4n) is 1.84. The van der Waals surface area contributed by atoms with Crippen molar-refractivity contribution in [1.82, 2.24) is 14.3 Å². The molecule has 1 aromatic carbocycles. The summed E-state index contributed by atoms with van der Waals surface area (Å²) < 4.78 is 1.84. The second-order valence-corrected chi connectivity index (χ2v) is 4.55. The number of primary amides is 1. The lowest BCUT2D eigenvalue weighted by Crippen LogP contribution is -2.42. The third-order valence-electron chi connectivity index (χ3n) is 2.78. The first kappa shape index (κ1) is 14.7. The van der Waals surface area contributed by atoms with E-state index in [1.54, 1.807) is 12.1 Å². The molecular weight excluding hydrogens is 276 g/mol. The minimum atomic E-state index is -0.858. The van der Waals surface area contributed by atoms with Crippen LogP contribution in [0.4, 0.5) is 0 Å². The first-order valence-electron chi connectivity index (χ1n) is 6.17. The monoisotopic (exact) mass is 290 g/mol. The quantitative estimate of drug-likeness (QED) is 0.738. The number of benzene rings is 1. The van der Waals surface area contributed by atoms with E-state index in [2.05, 4.69) is 5.10 Å². The zero-order chi connectivity index (χ0) is 15.6. The molecule has 0 aliphatic carbocycles. The lowest BCUT2D eigenvalue weighted by molar-refractivity contribution is 0.1000. The molecular formula is C13H14N4O4. The van der Waals surface area contributed by atoms with Crippen LogP contribution in [-0.2, 0) is 6.54 Å². The minimum Gasteiger partial charge on any atom is -0.392 e. The van der Waals surface area contributed by atoms with Crippen molar-refractivity contribution < 1.29 is 9.90 Å². The molecule has 0 radical (unpaired) electrons. The molecule has 0 spiro atoms. The van der Waals surface area contributed by atoms with Gasteiger partial charge < -0.3 is 10.8 Å². The maximum absolute atomic E-state index is 12.2. The molecule has 110 valence electrons. The van der Waals surface area contributed by atoms with Crippen LogP contribution in [0.15, 0.2) is 40.1 Å². The van der Waals surface area contributed by atoms with Crippen LogP contribution >= 0.6 is 0 Å². The molecule has 0 bridgehead atoms. The Morgan fingerprint density at radius 1 is 1.43 bits per heavy atom. The summed E-state index contributed by atoms with van der Waals surface area (Å²) >= 11 is 0. The molecule has 0 fully saturated rings. The Kier molecular flexibility index (Phi) is 3.99. The third-order valence-corrected chi connectivity index (χ3v) is 2.78. The molecule has 1 heterocycles. The summed E-state index contributed by atoms with van der Waals surface area (Å²) in [4.78, 5) is 35.0. The highest BCUT2D eigenvalue weighted by atomic mass is 16.3. The molecule has 1 aromatic heterocycles. The number of nitrogens with two attached hydrogens (primary N) is 1. The van der Waals surface area contributed by atoms with Gasteiger partial charge in [0.1, 0.15) is 6.20 Å². The van der Waals surface area contributed by atoms with Gasteiger partial charge in [-0.15, -0.1) is 0 Å². The highest BCUT2D eigenvalue weighted by molar-refractivity contribution is 5.93. The van der Waals surface area contributed by atoms with E-state index in [-0.39, 0.29) is 12.1 Å². The van der Waals surface area contributed by atoms with Crippen molar-refractivity contribution >= 4 is 5.91 Å². The van der Waals surface area contributed by atoms with E-state index in [0.717, 1.165) is 15.4 Å². The molecule has 8 heteroatoms. The first-order valence-corrected chi connectivity index (χ1v) is 6.17. The van der Waals surface area contributed by atoms with Gasteiger partial charge in [-0.25, -0.2) is 4.79 Å². The average Bonchev–Trinajstić information content (AvgIpc) is 2.43. The van der Waals surface area contributed by atoms with Crippen molar-refractivity contribution in [2.75, 3.05) is 0 Å². The number of aromatic nitrogens is 3. The van der Waals surface area contributed by atoms with Gasteiger partial charge in [0, 0.05) is 5.56 Å². The van der Waals surface area contributed by atoms with Crippen LogP contribution in [0.2, 0.25) is 0 Å². The van der Waals surface area contributed by atoms with Crippen LogP contribution in [0.1, 0.15) is 17.3 Å². The second-order valence-electron chi connectivity index (χ2n) is 4.55. The predicted octanol–water partition coefficient (Wildman–Crippen LogP) is -1.13. The maximum atomic E-state index is 12.2. The van der Waals surface area contributed by atoms with Crippen molar-refractivity contribution in [2.45, 2.75) is 19.6 Å². The van der Waals surface area contributed by atoms with Gasteiger partial charge in [-0.05, 0) is 25.1 Å². The molecule has 21 heavy (non-hydrogen) atoms. The lowest BCUT2D eigenvalue weighted by Gasteiger charge is -2.10. The van der Waals surface area contributed by atoms with Gasteiger partial charge in [-0.2, -0.15) is 9.78 Å². The predicted molar refractivity (Wildman–Crippen MR) is 74.3 cm³/mol. The Morgan fingerprint density at radius 2 is 2.14 bits per heavy atom. The van der Waals surface area contributed by atoms with Crippen LogP contribution in [0.25, 0.3) is 5.69 Å².